The van der Waals surface area contributed by atoms with Crippen molar-refractivity contribution in [3.8, 4) is 6.07 Å². The minimum atomic E-state index is -0.376. The SMILES string of the molecule is CCOC(=O)c1cccc(Nc2cc(Nc3cccc(N)c3)nc3c(CCCCC#N)cnn23)c1. The Labute approximate surface area is 203 Å². The van der Waals surface area contributed by atoms with Gasteiger partial charge in [-0.2, -0.15) is 14.9 Å². The van der Waals surface area contributed by atoms with Crippen molar-refractivity contribution < 1.29 is 9.53 Å². The number of aryl methyl sites for hydroxylation is 1. The van der Waals surface area contributed by atoms with Crippen LogP contribution in [0.5, 0.6) is 0 Å². The number of nitrogens with two attached hydrogens (primary N) is 1. The second kappa shape index (κ2) is 11.0. The molecule has 0 fully saturated rings. The van der Waals surface area contributed by atoms with Gasteiger partial charge in [-0.1, -0.05) is 12.1 Å². The molecule has 2 aromatic carbocycles. The number of nitrogen functional groups attached to an aromatic ring is 1. The minimum Gasteiger partial charge on any atom is -0.462 e. The quantitative estimate of drug-likeness (QED) is 0.164. The molecular formula is C26H27N7O2. The van der Waals surface area contributed by atoms with E-state index in [0.717, 1.165) is 30.5 Å². The number of nitrogens with one attached hydrogen (secondary N) is 2. The van der Waals surface area contributed by atoms with Crippen LogP contribution in [0.4, 0.5) is 28.7 Å². The summed E-state index contributed by atoms with van der Waals surface area (Å²) in [7, 11) is 0. The number of aromatic nitrogens is 3. The van der Waals surface area contributed by atoms with Crippen LogP contribution in [0.25, 0.3) is 5.65 Å². The molecule has 0 saturated heterocycles. The molecule has 0 aliphatic rings. The Morgan fingerprint density at radius 3 is 2.69 bits per heavy atom. The van der Waals surface area contributed by atoms with Gasteiger partial charge in [0.1, 0.15) is 11.6 Å². The summed E-state index contributed by atoms with van der Waals surface area (Å²) in [5, 5.41) is 20.0. The number of rotatable bonds is 10. The lowest BCUT2D eigenvalue weighted by Crippen LogP contribution is -2.07. The Bertz CT molecular complexity index is 1370. The number of unbranched alkanes of at least 4 members (excludes halogenated alkanes) is 2. The monoisotopic (exact) mass is 469 g/mol. The molecule has 4 rings (SSSR count). The Kier molecular flexibility index (Phi) is 7.43. The molecule has 9 heteroatoms. The van der Waals surface area contributed by atoms with Crippen LogP contribution >= 0.6 is 0 Å². The first kappa shape index (κ1) is 23.6. The smallest absolute Gasteiger partial charge is 0.338 e. The lowest BCUT2D eigenvalue weighted by Gasteiger charge is -2.13. The number of esters is 1. The van der Waals surface area contributed by atoms with Gasteiger partial charge < -0.3 is 21.1 Å². The van der Waals surface area contributed by atoms with Crippen LogP contribution in [0.1, 0.15) is 42.1 Å². The van der Waals surface area contributed by atoms with E-state index in [1.807, 2.05) is 36.4 Å². The highest BCUT2D eigenvalue weighted by atomic mass is 16.5. The largest absolute Gasteiger partial charge is 0.462 e. The van der Waals surface area contributed by atoms with E-state index >= 15 is 0 Å². The fraction of sp³-hybridized carbons (Fsp3) is 0.231. The molecule has 4 aromatic rings. The lowest BCUT2D eigenvalue weighted by atomic mass is 10.1. The number of nitriles is 1. The molecule has 2 heterocycles. The predicted octanol–water partition coefficient (Wildman–Crippen LogP) is 5.21. The van der Waals surface area contributed by atoms with Crippen LogP contribution in [0.15, 0.2) is 60.8 Å². The van der Waals surface area contributed by atoms with Crippen LogP contribution in [-0.4, -0.2) is 27.2 Å². The molecule has 0 saturated carbocycles. The van der Waals surface area contributed by atoms with Gasteiger partial charge in [0.15, 0.2) is 5.65 Å². The van der Waals surface area contributed by atoms with Gasteiger partial charge in [0.2, 0.25) is 0 Å². The Morgan fingerprint density at radius 1 is 1.11 bits per heavy atom. The van der Waals surface area contributed by atoms with Gasteiger partial charge in [-0.05, 0) is 62.6 Å². The zero-order chi connectivity index (χ0) is 24.6. The standard InChI is InChI=1S/C26H27N7O2/c1-2-35-26(34)18-9-6-11-21(14-18)31-24-16-23(30-22-12-7-10-20(28)15-22)32-25-19(17-29-33(24)25)8-4-3-5-13-27/h6-7,9-12,14-17,31H,2-5,8,28H2,1H3,(H,30,32). The second-order valence-corrected chi connectivity index (χ2v) is 7.97. The third-order valence-corrected chi connectivity index (χ3v) is 5.33. The molecule has 0 aliphatic heterocycles. The van der Waals surface area contributed by atoms with Crippen molar-refractivity contribution in [3.63, 3.8) is 0 Å². The molecule has 2 aromatic heterocycles. The summed E-state index contributed by atoms with van der Waals surface area (Å²) in [4.78, 5) is 17.0. The van der Waals surface area contributed by atoms with Crippen LogP contribution in [0, 0.1) is 11.3 Å². The molecule has 0 unspecified atom stereocenters. The van der Waals surface area contributed by atoms with E-state index in [0.29, 0.717) is 47.2 Å². The van der Waals surface area contributed by atoms with Gasteiger partial charge >= 0.3 is 5.97 Å². The first-order valence-corrected chi connectivity index (χ1v) is 11.5. The topological polar surface area (TPSA) is 130 Å². The summed E-state index contributed by atoms with van der Waals surface area (Å²) in [6, 6.07) is 18.6. The molecule has 0 bridgehead atoms. The van der Waals surface area contributed by atoms with Crippen molar-refractivity contribution in [1.29, 1.82) is 5.26 Å². The van der Waals surface area contributed by atoms with Crippen molar-refractivity contribution in [3.05, 3.63) is 71.9 Å². The molecule has 9 nitrogen and oxygen atoms in total. The molecular weight excluding hydrogens is 442 g/mol. The molecule has 35 heavy (non-hydrogen) atoms. The van der Waals surface area contributed by atoms with Gasteiger partial charge in [-0.25, -0.2) is 9.78 Å². The average molecular weight is 470 g/mol. The molecule has 0 radical (unpaired) electrons. The molecule has 0 spiro atoms. The summed E-state index contributed by atoms with van der Waals surface area (Å²) in [6.07, 6.45) is 4.78. The van der Waals surface area contributed by atoms with E-state index in [-0.39, 0.29) is 5.97 Å². The normalized spacial score (nSPS) is 10.6. The Balaban J connectivity index is 1.69. The average Bonchev–Trinajstić information content (AvgIpc) is 3.25. The summed E-state index contributed by atoms with van der Waals surface area (Å²) >= 11 is 0. The number of hydrogen-bond donors (Lipinski definition) is 3. The van der Waals surface area contributed by atoms with Gasteiger partial charge in [-0.3, -0.25) is 0 Å². The number of benzene rings is 2. The van der Waals surface area contributed by atoms with E-state index < -0.39 is 0 Å². The maximum absolute atomic E-state index is 12.2. The van der Waals surface area contributed by atoms with Crippen LogP contribution in [0.3, 0.4) is 0 Å². The number of nitrogens with zero attached hydrogens (tertiary/aromatic N) is 4. The predicted molar refractivity (Wildman–Crippen MR) is 136 cm³/mol. The number of ether oxygens (including phenoxy) is 1. The summed E-state index contributed by atoms with van der Waals surface area (Å²) < 4.78 is 6.86. The first-order valence-electron chi connectivity index (χ1n) is 11.5. The number of carbonyl (C=O) groups is 1. The van der Waals surface area contributed by atoms with E-state index in [9.17, 15) is 4.79 Å². The summed E-state index contributed by atoms with van der Waals surface area (Å²) in [5.41, 5.74) is 10.3. The van der Waals surface area contributed by atoms with Crippen LogP contribution in [0.2, 0.25) is 0 Å². The maximum atomic E-state index is 12.2. The highest BCUT2D eigenvalue weighted by Crippen LogP contribution is 2.26. The summed E-state index contributed by atoms with van der Waals surface area (Å²) in [6.45, 7) is 2.09. The van der Waals surface area contributed by atoms with E-state index in [2.05, 4.69) is 21.8 Å². The van der Waals surface area contributed by atoms with Gasteiger partial charge in [0, 0.05) is 35.1 Å². The highest BCUT2D eigenvalue weighted by Gasteiger charge is 2.14. The second-order valence-electron chi connectivity index (χ2n) is 7.97. The molecule has 0 aliphatic carbocycles. The third kappa shape index (κ3) is 5.86. The maximum Gasteiger partial charge on any atom is 0.338 e. The zero-order valence-electron chi connectivity index (χ0n) is 19.5. The molecule has 178 valence electrons. The molecule has 0 amide bonds. The highest BCUT2D eigenvalue weighted by molar-refractivity contribution is 5.90. The van der Waals surface area contributed by atoms with E-state index in [1.54, 1.807) is 35.8 Å². The van der Waals surface area contributed by atoms with Gasteiger partial charge in [0.25, 0.3) is 0 Å². The molecule has 4 N–H and O–H groups in total. The van der Waals surface area contributed by atoms with E-state index in [1.165, 1.54) is 0 Å². The van der Waals surface area contributed by atoms with Crippen molar-refractivity contribution >= 4 is 40.3 Å². The number of hydrogen-bond acceptors (Lipinski definition) is 8. The van der Waals surface area contributed by atoms with Crippen molar-refractivity contribution in [1.82, 2.24) is 14.6 Å². The minimum absolute atomic E-state index is 0.310. The van der Waals surface area contributed by atoms with Crippen LogP contribution in [-0.2, 0) is 11.2 Å². The van der Waals surface area contributed by atoms with Gasteiger partial charge in [0.05, 0.1) is 24.4 Å². The molecule has 0 atom stereocenters. The fourth-order valence-electron chi connectivity index (χ4n) is 3.71. The van der Waals surface area contributed by atoms with Crippen molar-refractivity contribution in [2.45, 2.75) is 32.6 Å². The number of carbonyl (C=O) groups excluding carboxylic acids is 1. The fourth-order valence-corrected chi connectivity index (χ4v) is 3.71. The van der Waals surface area contributed by atoms with Crippen molar-refractivity contribution in [2.75, 3.05) is 23.0 Å². The van der Waals surface area contributed by atoms with Crippen LogP contribution < -0.4 is 16.4 Å². The van der Waals surface area contributed by atoms with E-state index in [4.69, 9.17) is 20.7 Å². The third-order valence-electron chi connectivity index (χ3n) is 5.33. The number of fused-ring (bicyclic) bond motifs is 1. The Morgan fingerprint density at radius 2 is 1.91 bits per heavy atom. The van der Waals surface area contributed by atoms with Gasteiger partial charge in [-0.15, -0.1) is 0 Å². The zero-order valence-corrected chi connectivity index (χ0v) is 19.5. The first-order chi connectivity index (χ1) is 17.1. The van der Waals surface area contributed by atoms with Crippen molar-refractivity contribution in [2.24, 2.45) is 0 Å². The summed E-state index contributed by atoms with van der Waals surface area (Å²) in [5.74, 6) is 0.912. The lowest BCUT2D eigenvalue weighted by molar-refractivity contribution is 0.0526. The Hall–Kier alpha value is -4.58. The number of anilines is 5.